The molecule has 0 radical (unpaired) electrons. The van der Waals surface area contributed by atoms with E-state index in [-0.39, 0.29) is 12.5 Å². The quantitative estimate of drug-likeness (QED) is 0.447. The Balaban J connectivity index is 1.83. The van der Waals surface area contributed by atoms with Crippen molar-refractivity contribution < 1.29 is 9.90 Å². The van der Waals surface area contributed by atoms with Gasteiger partial charge in [-0.3, -0.25) is 4.79 Å². The number of nitrogens with zero attached hydrogens (tertiary/aromatic N) is 4. The fraction of sp³-hybridized carbons (Fsp3) is 0.261. The van der Waals surface area contributed by atoms with Crippen molar-refractivity contribution in [2.45, 2.75) is 40.2 Å². The standard InChI is InChI=1S/C23H24N4O2S/c1-14(2)27-21(9-10-24-27)26-15(3)11-17(16(26)4)12-18(13-22(28)29)23-25-19-7-5-6-8-20(19)30-23/h5-12,14H,13H2,1-4H3,(H,28,29)/b18-12+. The average molecular weight is 421 g/mol. The van der Waals surface area contributed by atoms with E-state index in [0.717, 1.165) is 38.0 Å². The summed E-state index contributed by atoms with van der Waals surface area (Å²) >= 11 is 1.52. The van der Waals surface area contributed by atoms with Crippen molar-refractivity contribution >= 4 is 39.2 Å². The summed E-state index contributed by atoms with van der Waals surface area (Å²) in [6.07, 6.45) is 3.69. The minimum Gasteiger partial charge on any atom is -0.481 e. The summed E-state index contributed by atoms with van der Waals surface area (Å²) in [6, 6.07) is 12.2. The Kier molecular flexibility index (Phi) is 5.30. The van der Waals surface area contributed by atoms with Gasteiger partial charge in [-0.15, -0.1) is 11.3 Å². The van der Waals surface area contributed by atoms with Crippen LogP contribution >= 0.6 is 11.3 Å². The van der Waals surface area contributed by atoms with Crippen molar-refractivity contribution in [3.8, 4) is 5.82 Å². The second-order valence-electron chi connectivity index (χ2n) is 7.62. The van der Waals surface area contributed by atoms with Crippen LogP contribution in [0.1, 0.15) is 48.3 Å². The Bertz CT molecular complexity index is 1230. The third-order valence-corrected chi connectivity index (χ3v) is 6.19. The Labute approximate surface area is 179 Å². The molecule has 0 bridgehead atoms. The number of aliphatic carboxylic acids is 1. The molecule has 0 amide bonds. The number of rotatable bonds is 6. The molecule has 1 aromatic carbocycles. The van der Waals surface area contributed by atoms with E-state index in [1.807, 2.05) is 48.0 Å². The Morgan fingerprint density at radius 2 is 2.00 bits per heavy atom. The predicted molar refractivity (Wildman–Crippen MR) is 121 cm³/mol. The van der Waals surface area contributed by atoms with Crippen LogP contribution < -0.4 is 0 Å². The predicted octanol–water partition coefficient (Wildman–Crippen LogP) is 5.50. The molecule has 1 N–H and O–H groups in total. The number of carboxylic acids is 1. The lowest BCUT2D eigenvalue weighted by atomic mass is 10.1. The minimum atomic E-state index is -0.868. The van der Waals surface area contributed by atoms with Crippen LogP contribution in [0.5, 0.6) is 0 Å². The number of carboxylic acid groups (broad SMARTS) is 1. The molecule has 0 fully saturated rings. The smallest absolute Gasteiger partial charge is 0.307 e. The zero-order chi connectivity index (χ0) is 21.4. The molecule has 0 unspecified atom stereocenters. The van der Waals surface area contributed by atoms with Gasteiger partial charge in [-0.2, -0.15) is 5.10 Å². The topological polar surface area (TPSA) is 72.9 Å². The molecule has 0 atom stereocenters. The lowest BCUT2D eigenvalue weighted by molar-refractivity contribution is -0.135. The van der Waals surface area contributed by atoms with Crippen molar-refractivity contribution in [3.63, 3.8) is 0 Å². The van der Waals surface area contributed by atoms with Gasteiger partial charge in [0, 0.05) is 23.5 Å². The molecule has 4 aromatic rings. The van der Waals surface area contributed by atoms with E-state index in [2.05, 4.69) is 41.5 Å². The van der Waals surface area contributed by atoms with Crippen LogP contribution in [0.15, 0.2) is 42.6 Å². The van der Waals surface area contributed by atoms with Gasteiger partial charge in [-0.25, -0.2) is 9.67 Å². The van der Waals surface area contributed by atoms with Crippen molar-refractivity contribution in [2.24, 2.45) is 0 Å². The lowest BCUT2D eigenvalue weighted by Gasteiger charge is -2.15. The van der Waals surface area contributed by atoms with Crippen molar-refractivity contribution in [2.75, 3.05) is 0 Å². The van der Waals surface area contributed by atoms with Gasteiger partial charge in [0.15, 0.2) is 0 Å². The second-order valence-corrected chi connectivity index (χ2v) is 8.65. The van der Waals surface area contributed by atoms with Crippen LogP contribution in [0, 0.1) is 13.8 Å². The zero-order valence-electron chi connectivity index (χ0n) is 17.5. The van der Waals surface area contributed by atoms with Crippen LogP contribution in [-0.4, -0.2) is 30.4 Å². The largest absolute Gasteiger partial charge is 0.481 e. The Morgan fingerprint density at radius 3 is 2.70 bits per heavy atom. The van der Waals surface area contributed by atoms with Crippen molar-refractivity contribution in [1.82, 2.24) is 19.3 Å². The van der Waals surface area contributed by atoms with Gasteiger partial charge in [0.1, 0.15) is 10.8 Å². The maximum Gasteiger partial charge on any atom is 0.307 e. The Morgan fingerprint density at radius 1 is 1.23 bits per heavy atom. The molecule has 7 heteroatoms. The Hall–Kier alpha value is -3.19. The van der Waals surface area contributed by atoms with E-state index in [0.29, 0.717) is 5.57 Å². The number of carbonyl (C=O) groups is 1. The maximum absolute atomic E-state index is 11.6. The molecule has 154 valence electrons. The van der Waals surface area contributed by atoms with Crippen molar-refractivity contribution in [1.29, 1.82) is 0 Å². The summed E-state index contributed by atoms with van der Waals surface area (Å²) in [7, 11) is 0. The van der Waals surface area contributed by atoms with E-state index in [9.17, 15) is 9.90 Å². The van der Waals surface area contributed by atoms with E-state index >= 15 is 0 Å². The first kappa shape index (κ1) is 20.1. The molecule has 0 saturated heterocycles. The van der Waals surface area contributed by atoms with Gasteiger partial charge in [0.25, 0.3) is 0 Å². The summed E-state index contributed by atoms with van der Waals surface area (Å²) in [6.45, 7) is 8.30. The van der Waals surface area contributed by atoms with Gasteiger partial charge in [0.2, 0.25) is 0 Å². The lowest BCUT2D eigenvalue weighted by Crippen LogP contribution is -2.11. The highest BCUT2D eigenvalue weighted by molar-refractivity contribution is 7.19. The number of aromatic nitrogens is 4. The van der Waals surface area contributed by atoms with Crippen molar-refractivity contribution in [3.05, 3.63) is 64.6 Å². The van der Waals surface area contributed by atoms with Gasteiger partial charge >= 0.3 is 5.97 Å². The van der Waals surface area contributed by atoms with Crippen LogP contribution in [0.25, 0.3) is 27.7 Å². The van der Waals surface area contributed by atoms with Gasteiger partial charge < -0.3 is 9.67 Å². The first-order chi connectivity index (χ1) is 14.3. The summed E-state index contributed by atoms with van der Waals surface area (Å²) in [5, 5.41) is 14.7. The highest BCUT2D eigenvalue weighted by atomic mass is 32.1. The molecule has 0 aliphatic rings. The summed E-state index contributed by atoms with van der Waals surface area (Å²) in [5.41, 5.74) is 4.69. The normalized spacial score (nSPS) is 12.2. The average Bonchev–Trinajstić information content (AvgIpc) is 3.38. The molecule has 3 aromatic heterocycles. The summed E-state index contributed by atoms with van der Waals surface area (Å²) < 4.78 is 5.20. The number of fused-ring (bicyclic) bond motifs is 1. The number of benzene rings is 1. The molecule has 0 spiro atoms. The molecule has 0 aliphatic heterocycles. The highest BCUT2D eigenvalue weighted by Crippen LogP contribution is 2.32. The number of aryl methyl sites for hydroxylation is 1. The molecule has 30 heavy (non-hydrogen) atoms. The second kappa shape index (κ2) is 7.91. The first-order valence-corrected chi connectivity index (χ1v) is 10.7. The highest BCUT2D eigenvalue weighted by Gasteiger charge is 2.17. The maximum atomic E-state index is 11.6. The van der Waals surface area contributed by atoms with Crippen LogP contribution in [0.4, 0.5) is 0 Å². The first-order valence-electron chi connectivity index (χ1n) is 9.86. The number of para-hydroxylation sites is 1. The van der Waals surface area contributed by atoms with Crippen LogP contribution in [0.2, 0.25) is 0 Å². The third kappa shape index (κ3) is 3.68. The molecular formula is C23H24N4O2S. The molecule has 6 nitrogen and oxygen atoms in total. The van der Waals surface area contributed by atoms with Gasteiger partial charge in [-0.1, -0.05) is 12.1 Å². The zero-order valence-corrected chi connectivity index (χ0v) is 18.3. The summed E-state index contributed by atoms with van der Waals surface area (Å²) in [5.74, 6) is 0.131. The van der Waals surface area contributed by atoms with Gasteiger partial charge in [0.05, 0.1) is 22.8 Å². The molecule has 4 rings (SSSR count). The molecular weight excluding hydrogens is 396 g/mol. The fourth-order valence-corrected chi connectivity index (χ4v) is 4.70. The van der Waals surface area contributed by atoms with E-state index in [1.54, 1.807) is 6.20 Å². The van der Waals surface area contributed by atoms with E-state index in [4.69, 9.17) is 0 Å². The summed E-state index contributed by atoms with van der Waals surface area (Å²) in [4.78, 5) is 16.2. The molecule has 3 heterocycles. The molecule has 0 saturated carbocycles. The van der Waals surface area contributed by atoms with E-state index in [1.165, 1.54) is 11.3 Å². The number of thiazole rings is 1. The van der Waals surface area contributed by atoms with Gasteiger partial charge in [-0.05, 0) is 63.1 Å². The number of hydrogen-bond acceptors (Lipinski definition) is 4. The van der Waals surface area contributed by atoms with E-state index < -0.39 is 5.97 Å². The minimum absolute atomic E-state index is 0.0760. The fourth-order valence-electron chi connectivity index (χ4n) is 3.72. The van der Waals surface area contributed by atoms with Crippen LogP contribution in [-0.2, 0) is 4.79 Å². The third-order valence-electron chi connectivity index (χ3n) is 5.08. The monoisotopic (exact) mass is 420 g/mol. The SMILES string of the molecule is Cc1cc(/C=C(\CC(=O)O)c2nc3ccccc3s2)c(C)n1-c1ccnn1C(C)C. The number of hydrogen-bond donors (Lipinski definition) is 1. The molecule has 0 aliphatic carbocycles. The van der Waals surface area contributed by atoms with Crippen LogP contribution in [0.3, 0.4) is 0 Å².